The molecule has 0 radical (unpaired) electrons. The molecule has 1 fully saturated rings. The maximum absolute atomic E-state index is 12.5. The van der Waals surface area contributed by atoms with Crippen LogP contribution in [-0.4, -0.2) is 40.3 Å². The zero-order chi connectivity index (χ0) is 17.3. The predicted molar refractivity (Wildman–Crippen MR) is 80.0 cm³/mol. The van der Waals surface area contributed by atoms with Gasteiger partial charge in [0.25, 0.3) is 0 Å². The molecule has 0 amide bonds. The van der Waals surface area contributed by atoms with Crippen molar-refractivity contribution < 1.29 is 22.4 Å². The van der Waals surface area contributed by atoms with E-state index in [0.29, 0.717) is 5.56 Å². The molecule has 1 aliphatic heterocycles. The fourth-order valence-electron chi connectivity index (χ4n) is 2.89. The highest BCUT2D eigenvalue weighted by Gasteiger charge is 2.38. The van der Waals surface area contributed by atoms with Crippen LogP contribution in [0.25, 0.3) is 11.4 Å². The minimum atomic E-state index is -4.63. The molecule has 5 nitrogen and oxygen atoms in total. The number of nitrogens with zero attached hydrogens (tertiary/aromatic N) is 3. The van der Waals surface area contributed by atoms with Gasteiger partial charge in [-0.1, -0.05) is 29.4 Å². The summed E-state index contributed by atoms with van der Waals surface area (Å²) in [5.41, 5.74) is 1.56. The van der Waals surface area contributed by atoms with Crippen molar-refractivity contribution in [1.29, 1.82) is 0 Å². The Bertz CT molecular complexity index is 675. The molecule has 130 valence electrons. The lowest BCUT2D eigenvalue weighted by Crippen LogP contribution is -2.44. The molecule has 24 heavy (non-hydrogen) atoms. The second-order valence-corrected chi connectivity index (χ2v) is 6.07. The van der Waals surface area contributed by atoms with E-state index in [1.165, 1.54) is 0 Å². The van der Waals surface area contributed by atoms with Crippen molar-refractivity contribution in [2.24, 2.45) is 0 Å². The van der Waals surface area contributed by atoms with E-state index >= 15 is 0 Å². The Hall–Kier alpha value is -1.93. The van der Waals surface area contributed by atoms with Gasteiger partial charge in [-0.05, 0) is 19.4 Å². The van der Waals surface area contributed by atoms with Crippen LogP contribution in [0.2, 0.25) is 0 Å². The van der Waals surface area contributed by atoms with Crippen LogP contribution in [0.15, 0.2) is 28.8 Å². The number of halogens is 3. The minimum Gasteiger partial charge on any atom is -0.373 e. The molecule has 2 aromatic rings. The van der Waals surface area contributed by atoms with Crippen LogP contribution in [0.1, 0.15) is 25.3 Å². The Kier molecular flexibility index (Phi) is 4.60. The summed E-state index contributed by atoms with van der Waals surface area (Å²) in [6, 6.07) is 7.13. The lowest BCUT2D eigenvalue weighted by Gasteiger charge is -2.35. The van der Waals surface area contributed by atoms with Gasteiger partial charge in [-0.2, -0.15) is 18.2 Å². The first-order valence-electron chi connectivity index (χ1n) is 7.69. The average Bonchev–Trinajstić information content (AvgIpc) is 2.97. The van der Waals surface area contributed by atoms with Gasteiger partial charge in [0.15, 0.2) is 0 Å². The van der Waals surface area contributed by atoms with Crippen LogP contribution in [0.3, 0.4) is 0 Å². The molecule has 0 N–H and O–H groups in total. The quantitative estimate of drug-likeness (QED) is 0.857. The number of hydrogen-bond donors (Lipinski definition) is 0. The third kappa shape index (κ3) is 3.93. The molecule has 0 aliphatic carbocycles. The lowest BCUT2D eigenvalue weighted by molar-refractivity contribution is -0.159. The fraction of sp³-hybridized carbons (Fsp3) is 0.500. The van der Waals surface area contributed by atoms with Crippen LogP contribution in [0.5, 0.6) is 0 Å². The van der Waals surface area contributed by atoms with Gasteiger partial charge >= 0.3 is 12.1 Å². The molecular weight excluding hydrogens is 323 g/mol. The van der Waals surface area contributed by atoms with Crippen molar-refractivity contribution in [3.63, 3.8) is 0 Å². The number of morpholine rings is 1. The van der Waals surface area contributed by atoms with E-state index in [2.05, 4.69) is 19.6 Å². The van der Waals surface area contributed by atoms with Crippen molar-refractivity contribution in [2.75, 3.05) is 13.1 Å². The largest absolute Gasteiger partial charge is 0.471 e. The Morgan fingerprint density at radius 3 is 2.29 bits per heavy atom. The molecule has 2 heterocycles. The summed E-state index contributed by atoms with van der Waals surface area (Å²) in [5, 5.41) is 3.39. The van der Waals surface area contributed by atoms with Crippen molar-refractivity contribution in [3.05, 3.63) is 35.7 Å². The SMILES string of the molecule is C[C@@H]1CN(Cc2ccc(-c3noc(C(F)(F)F)n3)cc2)C[C@H](C)O1. The van der Waals surface area contributed by atoms with Gasteiger partial charge in [0.2, 0.25) is 5.82 Å². The zero-order valence-electron chi connectivity index (χ0n) is 13.4. The summed E-state index contributed by atoms with van der Waals surface area (Å²) in [6.07, 6.45) is -4.25. The first-order chi connectivity index (χ1) is 11.3. The van der Waals surface area contributed by atoms with E-state index in [4.69, 9.17) is 4.74 Å². The molecule has 1 aliphatic rings. The molecule has 0 spiro atoms. The Morgan fingerprint density at radius 2 is 1.75 bits per heavy atom. The molecule has 1 aromatic heterocycles. The summed E-state index contributed by atoms with van der Waals surface area (Å²) >= 11 is 0. The first kappa shape index (κ1) is 16.9. The zero-order valence-corrected chi connectivity index (χ0v) is 13.4. The smallest absolute Gasteiger partial charge is 0.373 e. The molecule has 2 atom stereocenters. The molecule has 0 unspecified atom stereocenters. The summed E-state index contributed by atoms with van der Waals surface area (Å²) in [7, 11) is 0. The van der Waals surface area contributed by atoms with E-state index in [9.17, 15) is 13.2 Å². The van der Waals surface area contributed by atoms with Gasteiger partial charge in [-0.15, -0.1) is 0 Å². The average molecular weight is 341 g/mol. The van der Waals surface area contributed by atoms with Crippen molar-refractivity contribution in [3.8, 4) is 11.4 Å². The van der Waals surface area contributed by atoms with Gasteiger partial charge in [0.05, 0.1) is 12.2 Å². The van der Waals surface area contributed by atoms with E-state index in [-0.39, 0.29) is 18.0 Å². The molecule has 0 bridgehead atoms. The predicted octanol–water partition coefficient (Wildman–Crippen LogP) is 3.36. The molecule has 3 rings (SSSR count). The van der Waals surface area contributed by atoms with Gasteiger partial charge < -0.3 is 9.26 Å². The van der Waals surface area contributed by atoms with Crippen molar-refractivity contribution in [2.45, 2.75) is 38.8 Å². The molecule has 1 saturated heterocycles. The van der Waals surface area contributed by atoms with Gasteiger partial charge in [0.1, 0.15) is 0 Å². The molecule has 8 heteroatoms. The van der Waals surface area contributed by atoms with Crippen LogP contribution >= 0.6 is 0 Å². The van der Waals surface area contributed by atoms with Gasteiger partial charge in [0, 0.05) is 25.2 Å². The summed E-state index contributed by atoms with van der Waals surface area (Å²) < 4.78 is 47.4. The Balaban J connectivity index is 1.68. The molecular formula is C16H18F3N3O2. The van der Waals surface area contributed by atoms with Crippen LogP contribution < -0.4 is 0 Å². The fourth-order valence-corrected chi connectivity index (χ4v) is 2.89. The third-order valence-corrected chi connectivity index (χ3v) is 3.78. The standard InChI is InChI=1S/C16H18F3N3O2/c1-10-7-22(8-11(2)23-10)9-12-3-5-13(6-4-12)14-20-15(24-21-14)16(17,18)19/h3-6,10-11H,7-9H2,1-2H3/t10-,11+. The molecule has 0 saturated carbocycles. The van der Waals surface area contributed by atoms with Crippen LogP contribution in [0.4, 0.5) is 13.2 Å². The normalized spacial score (nSPS) is 22.7. The number of aromatic nitrogens is 2. The van der Waals surface area contributed by atoms with E-state index in [0.717, 1.165) is 25.2 Å². The van der Waals surface area contributed by atoms with E-state index in [1.807, 2.05) is 26.0 Å². The highest BCUT2D eigenvalue weighted by atomic mass is 19.4. The maximum Gasteiger partial charge on any atom is 0.471 e. The highest BCUT2D eigenvalue weighted by Crippen LogP contribution is 2.29. The van der Waals surface area contributed by atoms with Crippen molar-refractivity contribution in [1.82, 2.24) is 15.0 Å². The van der Waals surface area contributed by atoms with Crippen LogP contribution in [-0.2, 0) is 17.5 Å². The Labute approximate surface area is 137 Å². The Morgan fingerprint density at radius 1 is 1.12 bits per heavy atom. The van der Waals surface area contributed by atoms with E-state index < -0.39 is 12.1 Å². The highest BCUT2D eigenvalue weighted by molar-refractivity contribution is 5.54. The summed E-state index contributed by atoms with van der Waals surface area (Å²) in [4.78, 5) is 5.68. The van der Waals surface area contributed by atoms with E-state index in [1.54, 1.807) is 12.1 Å². The topological polar surface area (TPSA) is 51.4 Å². The van der Waals surface area contributed by atoms with Crippen molar-refractivity contribution >= 4 is 0 Å². The first-order valence-corrected chi connectivity index (χ1v) is 7.69. The summed E-state index contributed by atoms with van der Waals surface area (Å²) in [5.74, 6) is -1.40. The number of hydrogen-bond acceptors (Lipinski definition) is 5. The van der Waals surface area contributed by atoms with Gasteiger partial charge in [-0.25, -0.2) is 0 Å². The second kappa shape index (κ2) is 6.52. The number of alkyl halides is 3. The third-order valence-electron chi connectivity index (χ3n) is 3.78. The van der Waals surface area contributed by atoms with Crippen LogP contribution in [0, 0.1) is 0 Å². The monoisotopic (exact) mass is 341 g/mol. The minimum absolute atomic E-state index is 0.0671. The second-order valence-electron chi connectivity index (χ2n) is 6.07. The number of rotatable bonds is 3. The molecule has 1 aromatic carbocycles. The number of ether oxygens (including phenoxy) is 1. The maximum atomic E-state index is 12.5. The van der Waals surface area contributed by atoms with Gasteiger partial charge in [-0.3, -0.25) is 4.90 Å². The summed E-state index contributed by atoms with van der Waals surface area (Å²) in [6.45, 7) is 6.55. The lowest BCUT2D eigenvalue weighted by atomic mass is 10.1. The number of benzene rings is 1.